The Morgan fingerprint density at radius 3 is 2.43 bits per heavy atom. The van der Waals surface area contributed by atoms with Gasteiger partial charge < -0.3 is 4.74 Å². The normalized spacial score (nSPS) is 16.0. The van der Waals surface area contributed by atoms with Gasteiger partial charge in [0, 0.05) is 15.1 Å². The maximum atomic E-state index is 12.9. The zero-order valence-electron chi connectivity index (χ0n) is 15.0. The van der Waals surface area contributed by atoms with Crippen molar-refractivity contribution in [1.82, 2.24) is 5.32 Å². The first-order chi connectivity index (χ1) is 13.3. The molecule has 0 spiro atoms. The first-order valence-corrected chi connectivity index (χ1v) is 9.56. The number of imide groups is 2. The molecule has 4 amide bonds. The zero-order valence-corrected chi connectivity index (χ0v) is 17.4. The number of hydrogen-bond donors (Lipinski definition) is 1. The third-order valence-electron chi connectivity index (χ3n) is 3.82. The number of benzene rings is 2. The van der Waals surface area contributed by atoms with Crippen LogP contribution >= 0.6 is 27.5 Å². The lowest BCUT2D eigenvalue weighted by Gasteiger charge is -2.26. The standard InChI is InChI=1S/C20H16BrClN2O4/c1-11(2)28-17-8-3-13(21)9-12(17)10-16-18(25)23-20(27)24(19(16)26)15-6-4-14(22)5-7-15/h3-11H,1-2H3,(H,23,25,27)/b16-10+. The molecule has 0 aliphatic carbocycles. The number of nitrogens with one attached hydrogen (secondary N) is 1. The predicted octanol–water partition coefficient (Wildman–Crippen LogP) is 4.56. The van der Waals surface area contributed by atoms with E-state index in [9.17, 15) is 14.4 Å². The van der Waals surface area contributed by atoms with Crippen molar-refractivity contribution >= 4 is 57.1 Å². The Morgan fingerprint density at radius 2 is 1.79 bits per heavy atom. The monoisotopic (exact) mass is 462 g/mol. The number of rotatable bonds is 4. The van der Waals surface area contributed by atoms with Crippen molar-refractivity contribution in [3.05, 3.63) is 63.1 Å². The Kier molecular flexibility index (Phi) is 5.86. The van der Waals surface area contributed by atoms with Crippen LogP contribution in [0.5, 0.6) is 5.75 Å². The molecule has 1 saturated heterocycles. The van der Waals surface area contributed by atoms with Gasteiger partial charge in [0.25, 0.3) is 11.8 Å². The molecule has 0 radical (unpaired) electrons. The second-order valence-electron chi connectivity index (χ2n) is 6.28. The molecule has 0 atom stereocenters. The summed E-state index contributed by atoms with van der Waals surface area (Å²) in [6.45, 7) is 3.75. The van der Waals surface area contributed by atoms with Crippen molar-refractivity contribution in [2.75, 3.05) is 4.90 Å². The van der Waals surface area contributed by atoms with Crippen LogP contribution in [0.3, 0.4) is 0 Å². The highest BCUT2D eigenvalue weighted by atomic mass is 79.9. The SMILES string of the molecule is CC(C)Oc1ccc(Br)cc1/C=C1\C(=O)NC(=O)N(c2ccc(Cl)cc2)C1=O. The van der Waals surface area contributed by atoms with Crippen LogP contribution in [-0.2, 0) is 9.59 Å². The van der Waals surface area contributed by atoms with E-state index in [1.54, 1.807) is 30.3 Å². The Balaban J connectivity index is 2.04. The number of hydrogen-bond acceptors (Lipinski definition) is 4. The highest BCUT2D eigenvalue weighted by molar-refractivity contribution is 9.10. The second kappa shape index (κ2) is 8.16. The summed E-state index contributed by atoms with van der Waals surface area (Å²) in [6.07, 6.45) is 1.32. The Labute approximate surface area is 175 Å². The van der Waals surface area contributed by atoms with Gasteiger partial charge >= 0.3 is 6.03 Å². The van der Waals surface area contributed by atoms with Gasteiger partial charge in [-0.3, -0.25) is 14.9 Å². The number of urea groups is 1. The number of nitrogens with zero attached hydrogens (tertiary/aromatic N) is 1. The molecule has 1 N–H and O–H groups in total. The molecule has 0 saturated carbocycles. The van der Waals surface area contributed by atoms with E-state index in [0.717, 1.165) is 9.37 Å². The summed E-state index contributed by atoms with van der Waals surface area (Å²) in [7, 11) is 0. The highest BCUT2D eigenvalue weighted by Crippen LogP contribution is 2.29. The molecule has 6 nitrogen and oxygen atoms in total. The predicted molar refractivity (Wildman–Crippen MR) is 110 cm³/mol. The van der Waals surface area contributed by atoms with Crippen LogP contribution < -0.4 is 15.0 Å². The van der Waals surface area contributed by atoms with Crippen LogP contribution in [0.4, 0.5) is 10.5 Å². The van der Waals surface area contributed by atoms with Crippen LogP contribution in [-0.4, -0.2) is 23.9 Å². The first kappa shape index (κ1) is 20.1. The van der Waals surface area contributed by atoms with Gasteiger partial charge in [0.05, 0.1) is 11.8 Å². The van der Waals surface area contributed by atoms with Crippen molar-refractivity contribution in [2.45, 2.75) is 20.0 Å². The number of barbiturate groups is 1. The number of amides is 4. The Bertz CT molecular complexity index is 986. The van der Waals surface area contributed by atoms with Crippen LogP contribution in [0, 0.1) is 0 Å². The summed E-state index contributed by atoms with van der Waals surface area (Å²) in [5, 5.41) is 2.65. The molecule has 0 aromatic heterocycles. The van der Waals surface area contributed by atoms with E-state index >= 15 is 0 Å². The minimum atomic E-state index is -0.817. The lowest BCUT2D eigenvalue weighted by atomic mass is 10.1. The Morgan fingerprint density at radius 1 is 1.11 bits per heavy atom. The fourth-order valence-corrected chi connectivity index (χ4v) is 3.14. The molecule has 1 aliphatic heterocycles. The molecule has 28 heavy (non-hydrogen) atoms. The third-order valence-corrected chi connectivity index (χ3v) is 4.57. The van der Waals surface area contributed by atoms with E-state index in [1.807, 2.05) is 13.8 Å². The van der Waals surface area contributed by atoms with Gasteiger partial charge in [-0.15, -0.1) is 0 Å². The minimum absolute atomic E-state index is 0.0960. The average molecular weight is 464 g/mol. The molecule has 1 aliphatic rings. The van der Waals surface area contributed by atoms with Gasteiger partial charge in [0.1, 0.15) is 11.3 Å². The van der Waals surface area contributed by atoms with E-state index in [1.165, 1.54) is 18.2 Å². The minimum Gasteiger partial charge on any atom is -0.490 e. The summed E-state index contributed by atoms with van der Waals surface area (Å²) in [5.41, 5.74) is 0.659. The average Bonchev–Trinajstić information content (AvgIpc) is 2.62. The number of carbonyl (C=O) groups is 3. The lowest BCUT2D eigenvalue weighted by Crippen LogP contribution is -2.54. The van der Waals surface area contributed by atoms with Crippen LogP contribution in [0.15, 0.2) is 52.5 Å². The topological polar surface area (TPSA) is 75.7 Å². The summed E-state index contributed by atoms with van der Waals surface area (Å²) in [4.78, 5) is 38.4. The van der Waals surface area contributed by atoms with E-state index in [0.29, 0.717) is 22.0 Å². The number of halogens is 2. The molecule has 1 heterocycles. The van der Waals surface area contributed by atoms with Gasteiger partial charge in [-0.25, -0.2) is 9.69 Å². The zero-order chi connectivity index (χ0) is 20.4. The largest absolute Gasteiger partial charge is 0.490 e. The van der Waals surface area contributed by atoms with Crippen molar-refractivity contribution in [3.8, 4) is 5.75 Å². The van der Waals surface area contributed by atoms with Crippen molar-refractivity contribution in [1.29, 1.82) is 0 Å². The van der Waals surface area contributed by atoms with Gasteiger partial charge in [0.2, 0.25) is 0 Å². The van der Waals surface area contributed by atoms with Crippen LogP contribution in [0.2, 0.25) is 5.02 Å². The van der Waals surface area contributed by atoms with Crippen molar-refractivity contribution < 1.29 is 19.1 Å². The molecule has 0 unspecified atom stereocenters. The molecule has 2 aromatic carbocycles. The molecule has 0 bridgehead atoms. The van der Waals surface area contributed by atoms with Crippen LogP contribution in [0.1, 0.15) is 19.4 Å². The Hall–Kier alpha value is -2.64. The molecule has 3 rings (SSSR count). The van der Waals surface area contributed by atoms with E-state index in [4.69, 9.17) is 16.3 Å². The number of carbonyl (C=O) groups excluding carboxylic acids is 3. The van der Waals surface area contributed by atoms with Crippen molar-refractivity contribution in [2.24, 2.45) is 0 Å². The number of anilines is 1. The molecular formula is C20H16BrClN2O4. The van der Waals surface area contributed by atoms with E-state index < -0.39 is 17.8 Å². The highest BCUT2D eigenvalue weighted by Gasteiger charge is 2.37. The smallest absolute Gasteiger partial charge is 0.335 e. The lowest BCUT2D eigenvalue weighted by molar-refractivity contribution is -0.122. The van der Waals surface area contributed by atoms with E-state index in [-0.39, 0.29) is 11.7 Å². The van der Waals surface area contributed by atoms with Gasteiger partial charge in [-0.05, 0) is 62.4 Å². The molecule has 8 heteroatoms. The molecular weight excluding hydrogens is 448 g/mol. The van der Waals surface area contributed by atoms with Crippen LogP contribution in [0.25, 0.3) is 6.08 Å². The summed E-state index contributed by atoms with van der Waals surface area (Å²) in [6, 6.07) is 10.6. The third kappa shape index (κ3) is 4.26. The molecule has 1 fully saturated rings. The first-order valence-electron chi connectivity index (χ1n) is 8.39. The molecule has 2 aromatic rings. The van der Waals surface area contributed by atoms with Crippen molar-refractivity contribution in [3.63, 3.8) is 0 Å². The van der Waals surface area contributed by atoms with E-state index in [2.05, 4.69) is 21.2 Å². The fourth-order valence-electron chi connectivity index (χ4n) is 2.63. The summed E-state index contributed by atoms with van der Waals surface area (Å²) >= 11 is 9.24. The second-order valence-corrected chi connectivity index (χ2v) is 7.64. The number of ether oxygens (including phenoxy) is 1. The molecule has 144 valence electrons. The maximum Gasteiger partial charge on any atom is 0.335 e. The summed E-state index contributed by atoms with van der Waals surface area (Å²) in [5.74, 6) is -0.983. The van der Waals surface area contributed by atoms with Gasteiger partial charge in [0.15, 0.2) is 0 Å². The summed E-state index contributed by atoms with van der Waals surface area (Å²) < 4.78 is 6.51. The quantitative estimate of drug-likeness (QED) is 0.533. The van der Waals surface area contributed by atoms with Gasteiger partial charge in [-0.2, -0.15) is 0 Å². The fraction of sp³-hybridized carbons (Fsp3) is 0.150. The maximum absolute atomic E-state index is 12.9. The van der Waals surface area contributed by atoms with Gasteiger partial charge in [-0.1, -0.05) is 27.5 Å².